The molecule has 4 heteroatoms. The minimum atomic E-state index is 0.0516. The largest absolute Gasteiger partial charge is 0.335 e. The zero-order valence-corrected chi connectivity index (χ0v) is 9.78. The van der Waals surface area contributed by atoms with Gasteiger partial charge in [0.1, 0.15) is 5.82 Å². The van der Waals surface area contributed by atoms with Gasteiger partial charge in [0, 0.05) is 18.9 Å². The van der Waals surface area contributed by atoms with E-state index in [1.807, 2.05) is 10.8 Å². The van der Waals surface area contributed by atoms with Crippen LogP contribution in [0.5, 0.6) is 0 Å². The van der Waals surface area contributed by atoms with E-state index in [0.29, 0.717) is 6.42 Å². The molecule has 1 unspecified atom stereocenters. The van der Waals surface area contributed by atoms with Gasteiger partial charge < -0.3 is 9.88 Å². The second-order valence-electron chi connectivity index (χ2n) is 4.28. The third-order valence-electron chi connectivity index (χ3n) is 3.17. The van der Waals surface area contributed by atoms with Gasteiger partial charge in [-0.05, 0) is 26.3 Å². The van der Waals surface area contributed by atoms with Gasteiger partial charge >= 0.3 is 0 Å². The molecule has 2 rings (SSSR count). The Morgan fingerprint density at radius 3 is 3.19 bits per heavy atom. The van der Waals surface area contributed by atoms with Crippen LogP contribution in [0, 0.1) is 0 Å². The molecule has 0 aromatic carbocycles. The van der Waals surface area contributed by atoms with Gasteiger partial charge in [-0.2, -0.15) is 0 Å². The molecule has 0 spiro atoms. The molecule has 2 heterocycles. The maximum Gasteiger partial charge on any atom is 0.157 e. The summed E-state index contributed by atoms with van der Waals surface area (Å²) in [6.45, 7) is 3.91. The fourth-order valence-electron chi connectivity index (χ4n) is 2.20. The van der Waals surface area contributed by atoms with Crippen LogP contribution in [0.1, 0.15) is 32.0 Å². The van der Waals surface area contributed by atoms with E-state index in [9.17, 15) is 4.79 Å². The van der Waals surface area contributed by atoms with Crippen LogP contribution in [0.15, 0.2) is 12.4 Å². The molecule has 0 saturated carbocycles. The van der Waals surface area contributed by atoms with Crippen LogP contribution in [0.2, 0.25) is 0 Å². The summed E-state index contributed by atoms with van der Waals surface area (Å²) in [5.41, 5.74) is 0. The van der Waals surface area contributed by atoms with E-state index in [0.717, 1.165) is 31.8 Å². The maximum atomic E-state index is 12.0. The second kappa shape index (κ2) is 5.25. The molecule has 0 radical (unpaired) electrons. The SMILES string of the molecule is CCn1ccnc1CC(=O)C1CCCCN1. The highest BCUT2D eigenvalue weighted by Crippen LogP contribution is 2.10. The third kappa shape index (κ3) is 2.50. The smallest absolute Gasteiger partial charge is 0.157 e. The number of carbonyl (C=O) groups excluding carboxylic acids is 1. The summed E-state index contributed by atoms with van der Waals surface area (Å²) in [7, 11) is 0. The van der Waals surface area contributed by atoms with Crippen LogP contribution in [0.3, 0.4) is 0 Å². The summed E-state index contributed by atoms with van der Waals surface area (Å²) in [4.78, 5) is 16.3. The highest BCUT2D eigenvalue weighted by molar-refractivity contribution is 5.85. The molecule has 4 nitrogen and oxygen atoms in total. The quantitative estimate of drug-likeness (QED) is 0.830. The number of imidazole rings is 1. The molecule has 16 heavy (non-hydrogen) atoms. The predicted molar refractivity (Wildman–Crippen MR) is 62.3 cm³/mol. The Labute approximate surface area is 96.1 Å². The summed E-state index contributed by atoms with van der Waals surface area (Å²) in [6, 6.07) is 0.0516. The van der Waals surface area contributed by atoms with Crippen LogP contribution in [0.25, 0.3) is 0 Å². The predicted octanol–water partition coefficient (Wildman–Crippen LogP) is 1.16. The van der Waals surface area contributed by atoms with Crippen molar-refractivity contribution in [3.05, 3.63) is 18.2 Å². The molecule has 1 atom stereocenters. The Balaban J connectivity index is 1.95. The number of piperidine rings is 1. The number of ketones is 1. The van der Waals surface area contributed by atoms with Gasteiger partial charge in [0.05, 0.1) is 12.5 Å². The highest BCUT2D eigenvalue weighted by Gasteiger charge is 2.21. The zero-order valence-electron chi connectivity index (χ0n) is 9.78. The second-order valence-corrected chi connectivity index (χ2v) is 4.28. The molecule has 1 aromatic rings. The Morgan fingerprint density at radius 2 is 2.50 bits per heavy atom. The van der Waals surface area contributed by atoms with Gasteiger partial charge in [0.25, 0.3) is 0 Å². The number of aryl methyl sites for hydroxylation is 1. The van der Waals surface area contributed by atoms with E-state index in [1.54, 1.807) is 6.20 Å². The number of aromatic nitrogens is 2. The third-order valence-corrected chi connectivity index (χ3v) is 3.17. The van der Waals surface area contributed by atoms with Crippen molar-refractivity contribution < 1.29 is 4.79 Å². The number of nitrogens with zero attached hydrogens (tertiary/aromatic N) is 2. The van der Waals surface area contributed by atoms with Gasteiger partial charge in [-0.25, -0.2) is 4.98 Å². The normalized spacial score (nSPS) is 20.9. The minimum absolute atomic E-state index is 0.0516. The Kier molecular flexibility index (Phi) is 3.72. The lowest BCUT2D eigenvalue weighted by molar-refractivity contribution is -0.121. The highest BCUT2D eigenvalue weighted by atomic mass is 16.1. The first-order valence-electron chi connectivity index (χ1n) is 6.07. The number of rotatable bonds is 4. The molecule has 1 aromatic heterocycles. The van der Waals surface area contributed by atoms with Gasteiger partial charge in [-0.1, -0.05) is 6.42 Å². The van der Waals surface area contributed by atoms with Crippen molar-refractivity contribution in [1.82, 2.24) is 14.9 Å². The number of Topliss-reactive ketones (excluding diaryl/α,β-unsaturated/α-hetero) is 1. The van der Waals surface area contributed by atoms with Crippen LogP contribution in [-0.4, -0.2) is 27.9 Å². The van der Waals surface area contributed by atoms with Crippen LogP contribution < -0.4 is 5.32 Å². The average molecular weight is 221 g/mol. The van der Waals surface area contributed by atoms with E-state index < -0.39 is 0 Å². The number of nitrogens with one attached hydrogen (secondary N) is 1. The van der Waals surface area contributed by atoms with Crippen LogP contribution >= 0.6 is 0 Å². The van der Waals surface area contributed by atoms with Crippen molar-refractivity contribution >= 4 is 5.78 Å². The molecule has 88 valence electrons. The molecular weight excluding hydrogens is 202 g/mol. The molecule has 1 N–H and O–H groups in total. The Morgan fingerprint density at radius 1 is 1.62 bits per heavy atom. The zero-order chi connectivity index (χ0) is 11.4. The summed E-state index contributed by atoms with van der Waals surface area (Å²) in [6.07, 6.45) is 7.47. The summed E-state index contributed by atoms with van der Waals surface area (Å²) in [5.74, 6) is 1.17. The first-order chi connectivity index (χ1) is 7.81. The molecule has 0 bridgehead atoms. The minimum Gasteiger partial charge on any atom is -0.335 e. The van der Waals surface area contributed by atoms with Crippen molar-refractivity contribution in [3.8, 4) is 0 Å². The summed E-state index contributed by atoms with van der Waals surface area (Å²) in [5, 5.41) is 3.28. The van der Waals surface area contributed by atoms with Crippen LogP contribution in [-0.2, 0) is 17.8 Å². The molecule has 1 saturated heterocycles. The van der Waals surface area contributed by atoms with Crippen molar-refractivity contribution in [2.75, 3.05) is 6.54 Å². The Hall–Kier alpha value is -1.16. The van der Waals surface area contributed by atoms with Crippen molar-refractivity contribution in [1.29, 1.82) is 0 Å². The van der Waals surface area contributed by atoms with E-state index in [4.69, 9.17) is 0 Å². The first kappa shape index (κ1) is 11.3. The van der Waals surface area contributed by atoms with Gasteiger partial charge in [-0.15, -0.1) is 0 Å². The number of hydrogen-bond donors (Lipinski definition) is 1. The summed E-state index contributed by atoms with van der Waals surface area (Å²) >= 11 is 0. The molecule has 1 fully saturated rings. The average Bonchev–Trinajstić information content (AvgIpc) is 2.77. The topological polar surface area (TPSA) is 46.9 Å². The van der Waals surface area contributed by atoms with E-state index in [-0.39, 0.29) is 11.8 Å². The fourth-order valence-corrected chi connectivity index (χ4v) is 2.20. The molecular formula is C12H19N3O. The van der Waals surface area contributed by atoms with Crippen molar-refractivity contribution in [3.63, 3.8) is 0 Å². The van der Waals surface area contributed by atoms with Gasteiger partial charge in [0.2, 0.25) is 0 Å². The molecule has 1 aliphatic rings. The van der Waals surface area contributed by atoms with Crippen molar-refractivity contribution in [2.45, 2.75) is 45.2 Å². The monoisotopic (exact) mass is 221 g/mol. The van der Waals surface area contributed by atoms with E-state index in [1.165, 1.54) is 6.42 Å². The molecule has 1 aliphatic heterocycles. The molecule has 0 amide bonds. The number of hydrogen-bond acceptors (Lipinski definition) is 3. The lowest BCUT2D eigenvalue weighted by Gasteiger charge is -2.22. The molecule has 0 aliphatic carbocycles. The summed E-state index contributed by atoms with van der Waals surface area (Å²) < 4.78 is 2.03. The standard InChI is InChI=1S/C12H19N3O/c1-2-15-8-7-14-12(15)9-11(16)10-5-3-4-6-13-10/h7-8,10,13H,2-6,9H2,1H3. The Bertz CT molecular complexity index is 353. The van der Waals surface area contributed by atoms with Crippen molar-refractivity contribution in [2.24, 2.45) is 0 Å². The fraction of sp³-hybridized carbons (Fsp3) is 0.667. The van der Waals surface area contributed by atoms with Gasteiger partial charge in [-0.3, -0.25) is 4.79 Å². The van der Waals surface area contributed by atoms with E-state index >= 15 is 0 Å². The first-order valence-corrected chi connectivity index (χ1v) is 6.07. The maximum absolute atomic E-state index is 12.0. The van der Waals surface area contributed by atoms with E-state index in [2.05, 4.69) is 17.2 Å². The van der Waals surface area contributed by atoms with Gasteiger partial charge in [0.15, 0.2) is 5.78 Å². The number of carbonyl (C=O) groups is 1. The lowest BCUT2D eigenvalue weighted by Crippen LogP contribution is -2.41. The van der Waals surface area contributed by atoms with Crippen LogP contribution in [0.4, 0.5) is 0 Å². The lowest BCUT2D eigenvalue weighted by atomic mass is 9.99.